The molecule has 6 heteroatoms. The summed E-state index contributed by atoms with van der Waals surface area (Å²) in [5.41, 5.74) is 1.17. The summed E-state index contributed by atoms with van der Waals surface area (Å²) in [7, 11) is 0. The van der Waals surface area contributed by atoms with Crippen molar-refractivity contribution in [1.29, 1.82) is 0 Å². The second kappa shape index (κ2) is 6.10. The molecule has 0 amide bonds. The van der Waals surface area contributed by atoms with Gasteiger partial charge in [-0.25, -0.2) is 4.98 Å². The summed E-state index contributed by atoms with van der Waals surface area (Å²) in [6.07, 6.45) is 5.56. The van der Waals surface area contributed by atoms with Crippen molar-refractivity contribution in [3.63, 3.8) is 0 Å². The number of nitrogens with zero attached hydrogens (tertiary/aromatic N) is 4. The standard InChI is InChI=1S/C14H14Br2N4/c15-11-1-2-18-14(8-11)20-5-3-19(4-6-20)13-7-12(16)9-17-10-13/h1-2,7-10H,3-6H2. The molecular formula is C14H14Br2N4. The molecule has 3 rings (SSSR count). The molecule has 0 aliphatic carbocycles. The van der Waals surface area contributed by atoms with Crippen molar-refractivity contribution in [2.24, 2.45) is 0 Å². The molecule has 0 bridgehead atoms. The van der Waals surface area contributed by atoms with Crippen molar-refractivity contribution in [2.45, 2.75) is 0 Å². The smallest absolute Gasteiger partial charge is 0.129 e. The van der Waals surface area contributed by atoms with Crippen molar-refractivity contribution >= 4 is 43.4 Å². The Morgan fingerprint density at radius 2 is 1.65 bits per heavy atom. The molecule has 1 saturated heterocycles. The summed E-state index contributed by atoms with van der Waals surface area (Å²) in [6, 6.07) is 6.13. The molecular weight excluding hydrogens is 384 g/mol. The first kappa shape index (κ1) is 13.8. The van der Waals surface area contributed by atoms with Crippen molar-refractivity contribution in [1.82, 2.24) is 9.97 Å². The second-order valence-electron chi connectivity index (χ2n) is 4.67. The highest BCUT2D eigenvalue weighted by molar-refractivity contribution is 9.10. The SMILES string of the molecule is Brc1cncc(N2CCN(c3cc(Br)ccn3)CC2)c1. The lowest BCUT2D eigenvalue weighted by molar-refractivity contribution is 0.646. The molecule has 3 heterocycles. The van der Waals surface area contributed by atoms with Crippen LogP contribution in [0.25, 0.3) is 0 Å². The van der Waals surface area contributed by atoms with Crippen LogP contribution in [0.1, 0.15) is 0 Å². The van der Waals surface area contributed by atoms with Gasteiger partial charge in [-0.15, -0.1) is 0 Å². The van der Waals surface area contributed by atoms with E-state index in [1.807, 2.05) is 24.7 Å². The fraction of sp³-hybridized carbons (Fsp3) is 0.286. The van der Waals surface area contributed by atoms with E-state index in [0.29, 0.717) is 0 Å². The summed E-state index contributed by atoms with van der Waals surface area (Å²) in [4.78, 5) is 13.3. The number of aromatic nitrogens is 2. The molecule has 0 aromatic carbocycles. The first-order valence-electron chi connectivity index (χ1n) is 6.44. The molecule has 20 heavy (non-hydrogen) atoms. The summed E-state index contributed by atoms with van der Waals surface area (Å²) < 4.78 is 2.09. The van der Waals surface area contributed by atoms with Gasteiger partial charge in [0.15, 0.2) is 0 Å². The molecule has 0 N–H and O–H groups in total. The quantitative estimate of drug-likeness (QED) is 0.777. The number of anilines is 2. The predicted octanol–water partition coefficient (Wildman–Crippen LogP) is 3.33. The lowest BCUT2D eigenvalue weighted by Crippen LogP contribution is -2.46. The van der Waals surface area contributed by atoms with E-state index in [-0.39, 0.29) is 0 Å². The Hall–Kier alpha value is -1.14. The topological polar surface area (TPSA) is 32.3 Å². The Bertz CT molecular complexity index is 544. The summed E-state index contributed by atoms with van der Waals surface area (Å²) in [6.45, 7) is 3.89. The lowest BCUT2D eigenvalue weighted by Gasteiger charge is -2.36. The fourth-order valence-electron chi connectivity index (χ4n) is 2.33. The zero-order valence-electron chi connectivity index (χ0n) is 10.8. The summed E-state index contributed by atoms with van der Waals surface area (Å²) in [5.74, 6) is 1.03. The molecule has 0 radical (unpaired) electrons. The van der Waals surface area contributed by atoms with Crippen LogP contribution in [-0.2, 0) is 0 Å². The van der Waals surface area contributed by atoms with Gasteiger partial charge < -0.3 is 9.80 Å². The highest BCUT2D eigenvalue weighted by Gasteiger charge is 2.18. The number of rotatable bonds is 2. The Labute approximate surface area is 135 Å². The molecule has 0 spiro atoms. The Kier molecular flexibility index (Phi) is 4.21. The number of halogens is 2. The Morgan fingerprint density at radius 1 is 0.900 bits per heavy atom. The van der Waals surface area contributed by atoms with Crippen molar-refractivity contribution < 1.29 is 0 Å². The Balaban J connectivity index is 1.68. The van der Waals surface area contributed by atoms with Gasteiger partial charge in [0.25, 0.3) is 0 Å². The Morgan fingerprint density at radius 3 is 2.35 bits per heavy atom. The van der Waals surface area contributed by atoms with Crippen LogP contribution in [0.2, 0.25) is 0 Å². The normalized spacial score (nSPS) is 15.5. The summed E-state index contributed by atoms with van der Waals surface area (Å²) in [5, 5.41) is 0. The van der Waals surface area contributed by atoms with Crippen LogP contribution in [0, 0.1) is 0 Å². The van der Waals surface area contributed by atoms with Crippen molar-refractivity contribution in [2.75, 3.05) is 36.0 Å². The van der Waals surface area contributed by atoms with Gasteiger partial charge in [0.05, 0.1) is 11.9 Å². The van der Waals surface area contributed by atoms with Gasteiger partial charge >= 0.3 is 0 Å². The molecule has 0 atom stereocenters. The van der Waals surface area contributed by atoms with Crippen LogP contribution in [0.15, 0.2) is 45.7 Å². The molecule has 104 valence electrons. The molecule has 1 fully saturated rings. The van der Waals surface area contributed by atoms with Gasteiger partial charge in [-0.2, -0.15) is 0 Å². The third kappa shape index (κ3) is 3.12. The van der Waals surface area contributed by atoms with E-state index >= 15 is 0 Å². The summed E-state index contributed by atoms with van der Waals surface area (Å²) >= 11 is 6.97. The molecule has 1 aliphatic heterocycles. The molecule has 2 aromatic heterocycles. The van der Waals surface area contributed by atoms with E-state index in [1.165, 1.54) is 5.69 Å². The van der Waals surface area contributed by atoms with Crippen LogP contribution in [0.4, 0.5) is 11.5 Å². The van der Waals surface area contributed by atoms with Gasteiger partial charge in [0, 0.05) is 47.5 Å². The number of piperazine rings is 1. The zero-order valence-corrected chi connectivity index (χ0v) is 14.0. The largest absolute Gasteiger partial charge is 0.367 e. The van der Waals surface area contributed by atoms with E-state index in [9.17, 15) is 0 Å². The molecule has 4 nitrogen and oxygen atoms in total. The second-order valence-corrected chi connectivity index (χ2v) is 6.50. The maximum absolute atomic E-state index is 4.43. The van der Waals surface area contributed by atoms with E-state index < -0.39 is 0 Å². The third-order valence-corrected chi connectivity index (χ3v) is 4.29. The van der Waals surface area contributed by atoms with Crippen molar-refractivity contribution in [3.8, 4) is 0 Å². The van der Waals surface area contributed by atoms with Crippen LogP contribution < -0.4 is 9.80 Å². The van der Waals surface area contributed by atoms with E-state index in [2.05, 4.69) is 63.8 Å². The third-order valence-electron chi connectivity index (χ3n) is 3.37. The lowest BCUT2D eigenvalue weighted by atomic mass is 10.2. The monoisotopic (exact) mass is 396 g/mol. The molecule has 0 saturated carbocycles. The highest BCUT2D eigenvalue weighted by atomic mass is 79.9. The number of hydrogen-bond donors (Lipinski definition) is 0. The first-order valence-corrected chi connectivity index (χ1v) is 8.03. The van der Waals surface area contributed by atoms with Crippen LogP contribution in [-0.4, -0.2) is 36.1 Å². The predicted molar refractivity (Wildman–Crippen MR) is 88.3 cm³/mol. The van der Waals surface area contributed by atoms with E-state index in [1.54, 1.807) is 0 Å². The maximum Gasteiger partial charge on any atom is 0.129 e. The fourth-order valence-corrected chi connectivity index (χ4v) is 3.01. The molecule has 2 aromatic rings. The van der Waals surface area contributed by atoms with Crippen LogP contribution in [0.5, 0.6) is 0 Å². The molecule has 0 unspecified atom stereocenters. The zero-order chi connectivity index (χ0) is 13.9. The minimum atomic E-state index is 0.968. The first-order chi connectivity index (χ1) is 9.72. The van der Waals surface area contributed by atoms with E-state index in [0.717, 1.165) is 40.9 Å². The van der Waals surface area contributed by atoms with Gasteiger partial charge in [-0.1, -0.05) is 15.9 Å². The number of hydrogen-bond acceptors (Lipinski definition) is 4. The van der Waals surface area contributed by atoms with E-state index in [4.69, 9.17) is 0 Å². The average molecular weight is 398 g/mol. The maximum atomic E-state index is 4.43. The van der Waals surface area contributed by atoms with Crippen LogP contribution in [0.3, 0.4) is 0 Å². The number of pyridine rings is 2. The van der Waals surface area contributed by atoms with Gasteiger partial charge in [-0.3, -0.25) is 4.98 Å². The minimum Gasteiger partial charge on any atom is -0.367 e. The van der Waals surface area contributed by atoms with Gasteiger partial charge in [-0.05, 0) is 34.1 Å². The van der Waals surface area contributed by atoms with Crippen molar-refractivity contribution in [3.05, 3.63) is 45.7 Å². The van der Waals surface area contributed by atoms with Gasteiger partial charge in [0.2, 0.25) is 0 Å². The molecule has 1 aliphatic rings. The van der Waals surface area contributed by atoms with Crippen LogP contribution >= 0.6 is 31.9 Å². The minimum absolute atomic E-state index is 0.968. The average Bonchev–Trinajstić information content (AvgIpc) is 2.47. The highest BCUT2D eigenvalue weighted by Crippen LogP contribution is 2.22. The van der Waals surface area contributed by atoms with Gasteiger partial charge in [0.1, 0.15) is 5.82 Å².